The molecule has 2 N–H and O–H groups in total. The fraction of sp³-hybridized carbons (Fsp3) is 0.500. The monoisotopic (exact) mass is 227 g/mol. The zero-order valence-corrected chi connectivity index (χ0v) is 9.43. The number of hydrogen-bond donors (Lipinski definition) is 1. The second kappa shape index (κ2) is 3.90. The van der Waals surface area contributed by atoms with Gasteiger partial charge in [0, 0.05) is 30.7 Å². The third kappa shape index (κ3) is 2.03. The van der Waals surface area contributed by atoms with Crippen LogP contribution >= 0.6 is 11.3 Å². The Bertz CT molecular complexity index is 416. The highest BCUT2D eigenvalue weighted by Crippen LogP contribution is 2.21. The summed E-state index contributed by atoms with van der Waals surface area (Å²) in [6.07, 6.45) is 4.51. The van der Waals surface area contributed by atoms with Crippen molar-refractivity contribution in [3.63, 3.8) is 0 Å². The van der Waals surface area contributed by atoms with Crippen LogP contribution in [0.4, 0.5) is 4.39 Å². The van der Waals surface area contributed by atoms with E-state index < -0.39 is 5.67 Å². The molecule has 2 rings (SSSR count). The average molecular weight is 227 g/mol. The molecule has 0 aliphatic rings. The Hall–Kier alpha value is -0.940. The lowest BCUT2D eigenvalue weighted by molar-refractivity contribution is 0.166. The predicted octanol–water partition coefficient (Wildman–Crippen LogP) is 2.02. The summed E-state index contributed by atoms with van der Waals surface area (Å²) >= 11 is 1.55. The molecule has 0 fully saturated rings. The van der Waals surface area contributed by atoms with Crippen LogP contribution in [0.1, 0.15) is 19.0 Å². The predicted molar refractivity (Wildman–Crippen MR) is 60.0 cm³/mol. The fourth-order valence-electron chi connectivity index (χ4n) is 1.53. The maximum Gasteiger partial charge on any atom is 0.193 e. The highest BCUT2D eigenvalue weighted by Gasteiger charge is 2.27. The zero-order valence-electron chi connectivity index (χ0n) is 8.61. The first-order valence-corrected chi connectivity index (χ1v) is 5.85. The maximum atomic E-state index is 14.0. The van der Waals surface area contributed by atoms with Gasteiger partial charge in [-0.3, -0.25) is 4.40 Å². The molecule has 1 unspecified atom stereocenters. The molecule has 0 radical (unpaired) electrons. The van der Waals surface area contributed by atoms with E-state index in [1.165, 1.54) is 0 Å². The first kappa shape index (κ1) is 10.6. The lowest BCUT2D eigenvalue weighted by Crippen LogP contribution is -2.34. The molecule has 5 heteroatoms. The van der Waals surface area contributed by atoms with Gasteiger partial charge >= 0.3 is 0 Å². The highest BCUT2D eigenvalue weighted by molar-refractivity contribution is 7.15. The fourth-order valence-corrected chi connectivity index (χ4v) is 2.25. The minimum absolute atomic E-state index is 0.0503. The van der Waals surface area contributed by atoms with E-state index in [4.69, 9.17) is 5.73 Å². The molecule has 0 spiro atoms. The minimum Gasteiger partial charge on any atom is -0.328 e. The molecule has 0 saturated heterocycles. The van der Waals surface area contributed by atoms with Gasteiger partial charge < -0.3 is 5.73 Å². The van der Waals surface area contributed by atoms with Crippen LogP contribution < -0.4 is 5.73 Å². The number of hydrogen-bond acceptors (Lipinski definition) is 3. The Morgan fingerprint density at radius 3 is 3.07 bits per heavy atom. The van der Waals surface area contributed by atoms with Crippen LogP contribution in [-0.4, -0.2) is 21.6 Å². The number of imidazole rings is 1. The third-order valence-corrected chi connectivity index (χ3v) is 3.41. The van der Waals surface area contributed by atoms with Crippen molar-refractivity contribution in [1.82, 2.24) is 9.38 Å². The number of nitrogens with two attached hydrogens (primary N) is 1. The Balaban J connectivity index is 2.21. The molecule has 15 heavy (non-hydrogen) atoms. The van der Waals surface area contributed by atoms with Crippen molar-refractivity contribution >= 4 is 16.3 Å². The van der Waals surface area contributed by atoms with Crippen LogP contribution in [0.5, 0.6) is 0 Å². The van der Waals surface area contributed by atoms with Gasteiger partial charge in [-0.1, -0.05) is 6.92 Å². The molecule has 0 aromatic carbocycles. The SMILES string of the molecule is CCC(F)(CN)Cc1cn2ccsc2n1. The van der Waals surface area contributed by atoms with Gasteiger partial charge in [0.25, 0.3) is 0 Å². The summed E-state index contributed by atoms with van der Waals surface area (Å²) in [5.41, 5.74) is 4.89. The number of thiazole rings is 1. The Kier molecular flexibility index (Phi) is 2.75. The van der Waals surface area contributed by atoms with E-state index in [-0.39, 0.29) is 6.54 Å². The summed E-state index contributed by atoms with van der Waals surface area (Å²) < 4.78 is 15.9. The Morgan fingerprint density at radius 2 is 2.47 bits per heavy atom. The van der Waals surface area contributed by atoms with Gasteiger partial charge in [-0.25, -0.2) is 9.37 Å². The molecule has 3 nitrogen and oxygen atoms in total. The van der Waals surface area contributed by atoms with Crippen LogP contribution in [0.15, 0.2) is 17.8 Å². The van der Waals surface area contributed by atoms with Crippen LogP contribution in [0.3, 0.4) is 0 Å². The summed E-state index contributed by atoms with van der Waals surface area (Å²) in [5.74, 6) is 0. The van der Waals surface area contributed by atoms with Crippen molar-refractivity contribution in [2.75, 3.05) is 6.54 Å². The highest BCUT2D eigenvalue weighted by atomic mass is 32.1. The first-order chi connectivity index (χ1) is 7.17. The number of nitrogens with zero attached hydrogens (tertiary/aromatic N) is 2. The van der Waals surface area contributed by atoms with Gasteiger partial charge in [0.2, 0.25) is 0 Å². The van der Waals surface area contributed by atoms with Crippen LogP contribution in [0.25, 0.3) is 4.96 Å². The minimum atomic E-state index is -1.32. The van der Waals surface area contributed by atoms with E-state index in [1.54, 1.807) is 11.3 Å². The van der Waals surface area contributed by atoms with E-state index in [1.807, 2.05) is 29.1 Å². The number of aromatic nitrogens is 2. The lowest BCUT2D eigenvalue weighted by Gasteiger charge is -2.20. The van der Waals surface area contributed by atoms with Gasteiger partial charge in [0.15, 0.2) is 4.96 Å². The lowest BCUT2D eigenvalue weighted by atomic mass is 9.97. The quantitative estimate of drug-likeness (QED) is 0.868. The molecule has 0 aliphatic carbocycles. The Morgan fingerprint density at radius 1 is 1.67 bits per heavy atom. The van der Waals surface area contributed by atoms with E-state index in [0.29, 0.717) is 12.8 Å². The molecule has 82 valence electrons. The van der Waals surface area contributed by atoms with Crippen molar-refractivity contribution in [2.24, 2.45) is 5.73 Å². The van der Waals surface area contributed by atoms with Gasteiger partial charge in [-0.05, 0) is 6.42 Å². The molecule has 1 atom stereocenters. The summed E-state index contributed by atoms with van der Waals surface area (Å²) in [7, 11) is 0. The molecule has 2 heterocycles. The zero-order chi connectivity index (χ0) is 10.9. The number of halogens is 1. The molecule has 0 saturated carbocycles. The second-order valence-corrected chi connectivity index (χ2v) is 4.58. The normalized spacial score (nSPS) is 15.7. The standard InChI is InChI=1S/C10H14FN3S/c1-2-10(11,7-12)5-8-6-14-3-4-15-9(14)13-8/h3-4,6H,2,5,7,12H2,1H3. The van der Waals surface area contributed by atoms with E-state index in [9.17, 15) is 4.39 Å². The molecular weight excluding hydrogens is 213 g/mol. The van der Waals surface area contributed by atoms with Crippen LogP contribution in [-0.2, 0) is 6.42 Å². The molecule has 0 amide bonds. The Labute approximate surface area is 91.7 Å². The van der Waals surface area contributed by atoms with E-state index in [2.05, 4.69) is 4.98 Å². The number of rotatable bonds is 4. The summed E-state index contributed by atoms with van der Waals surface area (Å²) in [4.78, 5) is 5.24. The van der Waals surface area contributed by atoms with E-state index in [0.717, 1.165) is 10.7 Å². The van der Waals surface area contributed by atoms with Crippen molar-refractivity contribution in [3.8, 4) is 0 Å². The van der Waals surface area contributed by atoms with Gasteiger partial charge in [0.05, 0.1) is 5.69 Å². The summed E-state index contributed by atoms with van der Waals surface area (Å²) in [5, 5.41) is 1.96. The van der Waals surface area contributed by atoms with Crippen molar-refractivity contribution < 1.29 is 4.39 Å². The van der Waals surface area contributed by atoms with Crippen LogP contribution in [0.2, 0.25) is 0 Å². The number of fused-ring (bicyclic) bond motifs is 1. The third-order valence-electron chi connectivity index (χ3n) is 2.64. The largest absolute Gasteiger partial charge is 0.328 e. The van der Waals surface area contributed by atoms with Crippen molar-refractivity contribution in [2.45, 2.75) is 25.4 Å². The maximum absolute atomic E-state index is 14.0. The summed E-state index contributed by atoms with van der Waals surface area (Å²) in [6.45, 7) is 1.86. The topological polar surface area (TPSA) is 43.3 Å². The molecule has 2 aromatic rings. The van der Waals surface area contributed by atoms with Gasteiger partial charge in [0.1, 0.15) is 5.67 Å². The summed E-state index contributed by atoms with van der Waals surface area (Å²) in [6, 6.07) is 0. The van der Waals surface area contributed by atoms with Crippen molar-refractivity contribution in [3.05, 3.63) is 23.5 Å². The smallest absolute Gasteiger partial charge is 0.193 e. The molecule has 0 aliphatic heterocycles. The molecular formula is C10H14FN3S. The number of alkyl halides is 1. The van der Waals surface area contributed by atoms with Crippen LogP contribution in [0, 0.1) is 0 Å². The molecule has 0 bridgehead atoms. The average Bonchev–Trinajstić information content (AvgIpc) is 2.77. The van der Waals surface area contributed by atoms with Gasteiger partial charge in [-0.15, -0.1) is 11.3 Å². The first-order valence-electron chi connectivity index (χ1n) is 4.97. The van der Waals surface area contributed by atoms with E-state index >= 15 is 0 Å². The van der Waals surface area contributed by atoms with Crippen molar-refractivity contribution in [1.29, 1.82) is 0 Å². The molecule has 2 aromatic heterocycles. The van der Waals surface area contributed by atoms with Gasteiger partial charge in [-0.2, -0.15) is 0 Å². The second-order valence-electron chi connectivity index (χ2n) is 3.71.